The SMILES string of the molecule is Cc1nc(C2CCC(C)CC2)sc1CNCC(C)C. The molecule has 108 valence electrons. The van der Waals surface area contributed by atoms with E-state index in [9.17, 15) is 0 Å². The molecule has 2 rings (SSSR count). The number of hydrogen-bond donors (Lipinski definition) is 1. The molecule has 0 unspecified atom stereocenters. The molecule has 1 aromatic rings. The Balaban J connectivity index is 1.92. The molecule has 0 spiro atoms. The minimum Gasteiger partial charge on any atom is -0.312 e. The first kappa shape index (κ1) is 15.0. The monoisotopic (exact) mass is 280 g/mol. The summed E-state index contributed by atoms with van der Waals surface area (Å²) in [7, 11) is 0. The van der Waals surface area contributed by atoms with Crippen LogP contribution in [0.1, 0.15) is 68.0 Å². The minimum atomic E-state index is 0.715. The number of nitrogens with zero attached hydrogens (tertiary/aromatic N) is 1. The molecular weight excluding hydrogens is 252 g/mol. The molecule has 0 bridgehead atoms. The van der Waals surface area contributed by atoms with Gasteiger partial charge in [-0.15, -0.1) is 11.3 Å². The molecule has 2 nitrogen and oxygen atoms in total. The first-order chi connectivity index (χ1) is 9.06. The third-order valence-corrected chi connectivity index (χ3v) is 5.43. The van der Waals surface area contributed by atoms with E-state index in [0.717, 1.165) is 24.9 Å². The van der Waals surface area contributed by atoms with Gasteiger partial charge in [-0.05, 0) is 38.1 Å². The van der Waals surface area contributed by atoms with Crippen molar-refractivity contribution in [3.8, 4) is 0 Å². The second-order valence-corrected chi connectivity index (χ2v) is 7.66. The molecule has 0 aliphatic heterocycles. The summed E-state index contributed by atoms with van der Waals surface area (Å²) in [5.41, 5.74) is 1.25. The predicted molar refractivity (Wildman–Crippen MR) is 83.8 cm³/mol. The molecule has 19 heavy (non-hydrogen) atoms. The standard InChI is InChI=1S/C16H28N2S/c1-11(2)9-17-10-15-13(4)18-16(19-15)14-7-5-12(3)6-8-14/h11-12,14,17H,5-10H2,1-4H3. The lowest BCUT2D eigenvalue weighted by atomic mass is 9.83. The van der Waals surface area contributed by atoms with Gasteiger partial charge in [0.1, 0.15) is 0 Å². The average Bonchev–Trinajstić information content (AvgIpc) is 2.71. The molecule has 0 atom stereocenters. The van der Waals surface area contributed by atoms with E-state index in [4.69, 9.17) is 4.98 Å². The Bertz CT molecular complexity index is 389. The summed E-state index contributed by atoms with van der Waals surface area (Å²) in [4.78, 5) is 6.27. The Labute approximate surface area is 122 Å². The zero-order valence-corrected chi connectivity index (χ0v) is 13.6. The van der Waals surface area contributed by atoms with E-state index in [2.05, 4.69) is 33.0 Å². The number of nitrogens with one attached hydrogen (secondary N) is 1. The van der Waals surface area contributed by atoms with Crippen molar-refractivity contribution in [2.75, 3.05) is 6.54 Å². The average molecular weight is 280 g/mol. The van der Waals surface area contributed by atoms with Gasteiger partial charge in [-0.1, -0.05) is 33.6 Å². The molecule has 1 heterocycles. The first-order valence-corrected chi connectivity index (χ1v) is 8.54. The maximum Gasteiger partial charge on any atom is 0.0962 e. The fourth-order valence-corrected chi connectivity index (χ4v) is 3.98. The smallest absolute Gasteiger partial charge is 0.0962 e. The van der Waals surface area contributed by atoms with E-state index in [1.807, 2.05) is 11.3 Å². The van der Waals surface area contributed by atoms with Gasteiger partial charge in [0.05, 0.1) is 10.7 Å². The van der Waals surface area contributed by atoms with E-state index in [1.165, 1.54) is 41.3 Å². The molecule has 0 radical (unpaired) electrons. The second kappa shape index (κ2) is 6.85. The molecule has 0 aromatic carbocycles. The summed E-state index contributed by atoms with van der Waals surface area (Å²) in [6.45, 7) is 11.1. The molecule has 1 saturated carbocycles. The number of hydrogen-bond acceptors (Lipinski definition) is 3. The van der Waals surface area contributed by atoms with Crippen LogP contribution in [0.2, 0.25) is 0 Å². The van der Waals surface area contributed by atoms with Gasteiger partial charge in [0.15, 0.2) is 0 Å². The topological polar surface area (TPSA) is 24.9 Å². The second-order valence-electron chi connectivity index (χ2n) is 6.54. The lowest BCUT2D eigenvalue weighted by Gasteiger charge is -2.24. The van der Waals surface area contributed by atoms with Crippen molar-refractivity contribution >= 4 is 11.3 Å². The van der Waals surface area contributed by atoms with Gasteiger partial charge in [0.25, 0.3) is 0 Å². The largest absolute Gasteiger partial charge is 0.312 e. The maximum atomic E-state index is 4.84. The highest BCUT2D eigenvalue weighted by molar-refractivity contribution is 7.11. The van der Waals surface area contributed by atoms with E-state index in [1.54, 1.807) is 0 Å². The van der Waals surface area contributed by atoms with Gasteiger partial charge >= 0.3 is 0 Å². The fourth-order valence-electron chi connectivity index (χ4n) is 2.77. The highest BCUT2D eigenvalue weighted by atomic mass is 32.1. The molecule has 1 aromatic heterocycles. The molecular formula is C16H28N2S. The zero-order valence-electron chi connectivity index (χ0n) is 12.8. The number of rotatable bonds is 5. The normalized spacial score (nSPS) is 24.1. The van der Waals surface area contributed by atoms with Crippen LogP contribution < -0.4 is 5.32 Å². The number of aryl methyl sites for hydroxylation is 1. The lowest BCUT2D eigenvalue weighted by molar-refractivity contribution is 0.347. The van der Waals surface area contributed by atoms with E-state index >= 15 is 0 Å². The Morgan fingerprint density at radius 3 is 2.58 bits per heavy atom. The summed E-state index contributed by atoms with van der Waals surface area (Å²) in [5, 5.41) is 4.93. The summed E-state index contributed by atoms with van der Waals surface area (Å²) in [5.74, 6) is 2.37. The Kier molecular flexibility index (Phi) is 5.40. The fraction of sp³-hybridized carbons (Fsp3) is 0.812. The van der Waals surface area contributed by atoms with Crippen molar-refractivity contribution in [1.82, 2.24) is 10.3 Å². The molecule has 1 N–H and O–H groups in total. The highest BCUT2D eigenvalue weighted by Crippen LogP contribution is 2.37. The van der Waals surface area contributed by atoms with Crippen molar-refractivity contribution in [3.05, 3.63) is 15.6 Å². The summed E-state index contributed by atoms with van der Waals surface area (Å²) < 4.78 is 0. The molecule has 0 amide bonds. The summed E-state index contributed by atoms with van der Waals surface area (Å²) >= 11 is 1.95. The van der Waals surface area contributed by atoms with E-state index in [-0.39, 0.29) is 0 Å². The quantitative estimate of drug-likeness (QED) is 0.859. The molecule has 1 fully saturated rings. The van der Waals surface area contributed by atoms with Crippen molar-refractivity contribution in [3.63, 3.8) is 0 Å². The Hall–Kier alpha value is -0.410. The van der Waals surface area contributed by atoms with Crippen LogP contribution in [-0.4, -0.2) is 11.5 Å². The van der Waals surface area contributed by atoms with Crippen LogP contribution >= 0.6 is 11.3 Å². The van der Waals surface area contributed by atoms with Crippen LogP contribution in [0.4, 0.5) is 0 Å². The maximum absolute atomic E-state index is 4.84. The number of aromatic nitrogens is 1. The summed E-state index contributed by atoms with van der Waals surface area (Å²) in [6.07, 6.45) is 5.44. The minimum absolute atomic E-state index is 0.715. The van der Waals surface area contributed by atoms with Crippen molar-refractivity contribution in [1.29, 1.82) is 0 Å². The van der Waals surface area contributed by atoms with Gasteiger partial charge in [-0.25, -0.2) is 4.98 Å². The van der Waals surface area contributed by atoms with Crippen molar-refractivity contribution in [2.24, 2.45) is 11.8 Å². The van der Waals surface area contributed by atoms with Crippen LogP contribution in [0, 0.1) is 18.8 Å². The van der Waals surface area contributed by atoms with Crippen LogP contribution in [0.15, 0.2) is 0 Å². The van der Waals surface area contributed by atoms with Crippen molar-refractivity contribution < 1.29 is 0 Å². The Morgan fingerprint density at radius 1 is 1.26 bits per heavy atom. The third-order valence-electron chi connectivity index (χ3n) is 4.11. The zero-order chi connectivity index (χ0) is 13.8. The molecule has 3 heteroatoms. The van der Waals surface area contributed by atoms with Gasteiger partial charge in [0, 0.05) is 17.3 Å². The van der Waals surface area contributed by atoms with Crippen molar-refractivity contribution in [2.45, 2.75) is 65.8 Å². The van der Waals surface area contributed by atoms with Gasteiger partial charge < -0.3 is 5.32 Å². The first-order valence-electron chi connectivity index (χ1n) is 7.73. The Morgan fingerprint density at radius 2 is 1.95 bits per heavy atom. The lowest BCUT2D eigenvalue weighted by Crippen LogP contribution is -2.18. The van der Waals surface area contributed by atoms with Crippen LogP contribution in [0.3, 0.4) is 0 Å². The number of thiazole rings is 1. The highest BCUT2D eigenvalue weighted by Gasteiger charge is 2.23. The molecule has 1 aliphatic carbocycles. The van der Waals surface area contributed by atoms with E-state index in [0.29, 0.717) is 5.92 Å². The van der Waals surface area contributed by atoms with Gasteiger partial charge in [0.2, 0.25) is 0 Å². The molecule has 1 aliphatic rings. The van der Waals surface area contributed by atoms with Gasteiger partial charge in [-0.3, -0.25) is 0 Å². The third kappa shape index (κ3) is 4.28. The van der Waals surface area contributed by atoms with Gasteiger partial charge in [-0.2, -0.15) is 0 Å². The van der Waals surface area contributed by atoms with Crippen LogP contribution in [0.25, 0.3) is 0 Å². The summed E-state index contributed by atoms with van der Waals surface area (Å²) in [6, 6.07) is 0. The molecule has 0 saturated heterocycles. The van der Waals surface area contributed by atoms with Crippen LogP contribution in [-0.2, 0) is 6.54 Å². The van der Waals surface area contributed by atoms with E-state index < -0.39 is 0 Å². The van der Waals surface area contributed by atoms with Crippen LogP contribution in [0.5, 0.6) is 0 Å². The predicted octanol–water partition coefficient (Wildman–Crippen LogP) is 4.49.